The third kappa shape index (κ3) is 3.09. The van der Waals surface area contributed by atoms with E-state index < -0.39 is 0 Å². The van der Waals surface area contributed by atoms with Crippen LogP contribution in [0.5, 0.6) is 0 Å². The molecule has 1 aliphatic heterocycles. The minimum atomic E-state index is 0.569. The molecular weight excluding hydrogens is 152 g/mol. The van der Waals surface area contributed by atoms with Crippen LogP contribution in [-0.2, 0) is 4.74 Å². The van der Waals surface area contributed by atoms with Gasteiger partial charge in [-0.3, -0.25) is 5.32 Å². The summed E-state index contributed by atoms with van der Waals surface area (Å²) in [4.78, 5) is 0. The molecule has 0 aromatic heterocycles. The van der Waals surface area contributed by atoms with E-state index >= 15 is 0 Å². The van der Waals surface area contributed by atoms with Gasteiger partial charge < -0.3 is 10.1 Å². The first-order valence-electron chi connectivity index (χ1n) is 4.82. The van der Waals surface area contributed by atoms with E-state index in [2.05, 4.69) is 24.5 Å². The molecular formula is C9H19N2O. The van der Waals surface area contributed by atoms with Gasteiger partial charge in [0, 0.05) is 19.1 Å². The minimum Gasteiger partial charge on any atom is -0.353 e. The SMILES string of the molecule is CCC(CC)N[C]1CNCCO1. The molecule has 12 heavy (non-hydrogen) atoms. The quantitative estimate of drug-likeness (QED) is 0.658. The second-order valence-corrected chi connectivity index (χ2v) is 3.11. The Labute approximate surface area is 74.9 Å². The topological polar surface area (TPSA) is 33.3 Å². The van der Waals surface area contributed by atoms with Gasteiger partial charge >= 0.3 is 0 Å². The predicted molar refractivity (Wildman–Crippen MR) is 49.6 cm³/mol. The molecule has 0 aromatic carbocycles. The van der Waals surface area contributed by atoms with Crippen molar-refractivity contribution in [2.24, 2.45) is 0 Å². The van der Waals surface area contributed by atoms with Gasteiger partial charge in [0.2, 0.25) is 0 Å². The highest BCUT2D eigenvalue weighted by atomic mass is 16.5. The lowest BCUT2D eigenvalue weighted by molar-refractivity contribution is 0.0826. The van der Waals surface area contributed by atoms with Gasteiger partial charge in [0.1, 0.15) is 0 Å². The lowest BCUT2D eigenvalue weighted by Crippen LogP contribution is -2.44. The summed E-state index contributed by atoms with van der Waals surface area (Å²) >= 11 is 0. The maximum Gasteiger partial charge on any atom is 0.176 e. The number of hydrogen-bond donors (Lipinski definition) is 2. The largest absolute Gasteiger partial charge is 0.353 e. The molecule has 1 aliphatic rings. The molecule has 1 saturated heterocycles. The summed E-state index contributed by atoms with van der Waals surface area (Å²) in [5.41, 5.74) is 0. The van der Waals surface area contributed by atoms with Crippen LogP contribution in [0.2, 0.25) is 0 Å². The number of hydrogen-bond acceptors (Lipinski definition) is 3. The highest BCUT2D eigenvalue weighted by Gasteiger charge is 2.16. The lowest BCUT2D eigenvalue weighted by Gasteiger charge is -2.26. The number of morpholine rings is 1. The van der Waals surface area contributed by atoms with Gasteiger partial charge in [0.05, 0.1) is 6.61 Å². The summed E-state index contributed by atoms with van der Waals surface area (Å²) in [5.74, 6) is 0. The summed E-state index contributed by atoms with van der Waals surface area (Å²) in [5, 5.41) is 6.65. The van der Waals surface area contributed by atoms with Crippen LogP contribution in [0, 0.1) is 6.23 Å². The first kappa shape index (κ1) is 9.96. The first-order valence-corrected chi connectivity index (χ1v) is 4.82. The van der Waals surface area contributed by atoms with Crippen molar-refractivity contribution in [3.63, 3.8) is 0 Å². The third-order valence-corrected chi connectivity index (χ3v) is 2.19. The Morgan fingerprint density at radius 1 is 1.50 bits per heavy atom. The van der Waals surface area contributed by atoms with Crippen molar-refractivity contribution in [1.82, 2.24) is 10.6 Å². The van der Waals surface area contributed by atoms with E-state index in [1.165, 1.54) is 0 Å². The molecule has 2 N–H and O–H groups in total. The summed E-state index contributed by atoms with van der Waals surface area (Å²) in [6.07, 6.45) is 3.32. The van der Waals surface area contributed by atoms with Gasteiger partial charge in [0.25, 0.3) is 0 Å². The fraction of sp³-hybridized carbons (Fsp3) is 0.889. The van der Waals surface area contributed by atoms with E-state index in [9.17, 15) is 0 Å². The average molecular weight is 171 g/mol. The molecule has 0 aliphatic carbocycles. The van der Waals surface area contributed by atoms with E-state index in [4.69, 9.17) is 4.74 Å². The Morgan fingerprint density at radius 2 is 2.25 bits per heavy atom. The van der Waals surface area contributed by atoms with Crippen molar-refractivity contribution >= 4 is 0 Å². The predicted octanol–water partition coefficient (Wildman–Crippen LogP) is 0.874. The Balaban J connectivity index is 2.18. The smallest absolute Gasteiger partial charge is 0.176 e. The van der Waals surface area contributed by atoms with Crippen molar-refractivity contribution in [2.75, 3.05) is 19.7 Å². The van der Waals surface area contributed by atoms with Crippen LogP contribution in [0.1, 0.15) is 26.7 Å². The molecule has 0 amide bonds. The van der Waals surface area contributed by atoms with E-state index in [1.54, 1.807) is 0 Å². The molecule has 71 valence electrons. The van der Waals surface area contributed by atoms with Gasteiger partial charge in [-0.15, -0.1) is 0 Å². The molecule has 0 atom stereocenters. The number of rotatable bonds is 4. The van der Waals surface area contributed by atoms with Crippen molar-refractivity contribution < 1.29 is 4.74 Å². The highest BCUT2D eigenvalue weighted by Crippen LogP contribution is 2.05. The van der Waals surface area contributed by atoms with Gasteiger partial charge in [0.15, 0.2) is 6.23 Å². The summed E-state index contributed by atoms with van der Waals surface area (Å²) in [7, 11) is 0. The van der Waals surface area contributed by atoms with Crippen molar-refractivity contribution in [1.29, 1.82) is 0 Å². The molecule has 1 heterocycles. The number of ether oxygens (including phenoxy) is 1. The molecule has 3 nitrogen and oxygen atoms in total. The van der Waals surface area contributed by atoms with Crippen LogP contribution in [0.25, 0.3) is 0 Å². The van der Waals surface area contributed by atoms with E-state index in [0.717, 1.165) is 38.8 Å². The normalized spacial score (nSPS) is 20.2. The number of nitrogens with one attached hydrogen (secondary N) is 2. The maximum absolute atomic E-state index is 5.46. The Hall–Kier alpha value is -0.120. The first-order chi connectivity index (χ1) is 5.86. The Kier molecular flexibility index (Phi) is 4.58. The van der Waals surface area contributed by atoms with Gasteiger partial charge in [-0.25, -0.2) is 0 Å². The monoisotopic (exact) mass is 171 g/mol. The molecule has 1 fully saturated rings. The van der Waals surface area contributed by atoms with Crippen LogP contribution in [0.15, 0.2) is 0 Å². The van der Waals surface area contributed by atoms with Crippen LogP contribution >= 0.6 is 0 Å². The van der Waals surface area contributed by atoms with Crippen molar-refractivity contribution in [3.8, 4) is 0 Å². The molecule has 0 spiro atoms. The van der Waals surface area contributed by atoms with Gasteiger partial charge in [-0.05, 0) is 12.8 Å². The fourth-order valence-corrected chi connectivity index (χ4v) is 1.31. The second kappa shape index (κ2) is 5.51. The Bertz CT molecular complexity index is 109. The average Bonchev–Trinajstić information content (AvgIpc) is 2.16. The van der Waals surface area contributed by atoms with Crippen LogP contribution in [0.3, 0.4) is 0 Å². The van der Waals surface area contributed by atoms with Crippen LogP contribution in [-0.4, -0.2) is 25.7 Å². The van der Waals surface area contributed by atoms with Crippen LogP contribution in [0.4, 0.5) is 0 Å². The summed E-state index contributed by atoms with van der Waals surface area (Å²) < 4.78 is 5.46. The van der Waals surface area contributed by atoms with E-state index in [0.29, 0.717) is 6.04 Å². The zero-order valence-corrected chi connectivity index (χ0v) is 8.02. The molecule has 1 rings (SSSR count). The zero-order chi connectivity index (χ0) is 8.81. The summed E-state index contributed by atoms with van der Waals surface area (Å²) in [6.45, 7) is 7.00. The Morgan fingerprint density at radius 3 is 2.75 bits per heavy atom. The highest BCUT2D eigenvalue weighted by molar-refractivity contribution is 4.84. The van der Waals surface area contributed by atoms with E-state index in [-0.39, 0.29) is 0 Å². The molecule has 1 radical (unpaired) electrons. The third-order valence-electron chi connectivity index (χ3n) is 2.19. The molecule has 0 saturated carbocycles. The second-order valence-electron chi connectivity index (χ2n) is 3.11. The van der Waals surface area contributed by atoms with Gasteiger partial charge in [-0.2, -0.15) is 0 Å². The maximum atomic E-state index is 5.46. The molecule has 0 unspecified atom stereocenters. The fourth-order valence-electron chi connectivity index (χ4n) is 1.31. The molecule has 3 heteroatoms. The lowest BCUT2D eigenvalue weighted by atomic mass is 10.1. The summed E-state index contributed by atoms with van der Waals surface area (Å²) in [6, 6.07) is 0.569. The zero-order valence-electron chi connectivity index (χ0n) is 8.02. The van der Waals surface area contributed by atoms with E-state index in [1.807, 2.05) is 0 Å². The van der Waals surface area contributed by atoms with Crippen LogP contribution < -0.4 is 10.6 Å². The van der Waals surface area contributed by atoms with Crippen molar-refractivity contribution in [3.05, 3.63) is 6.23 Å². The standard InChI is InChI=1S/C9H19N2O/c1-3-8(4-2)11-9-7-10-5-6-12-9/h8,10-11H,3-7H2,1-2H3. The molecule has 0 bridgehead atoms. The van der Waals surface area contributed by atoms with Crippen molar-refractivity contribution in [2.45, 2.75) is 32.7 Å². The molecule has 0 aromatic rings. The minimum absolute atomic E-state index is 0.569. The van der Waals surface area contributed by atoms with Gasteiger partial charge in [-0.1, -0.05) is 13.8 Å².